The first-order chi connectivity index (χ1) is 12.1. The average molecular weight is 354 g/mol. The molecule has 5 rings (SSSR count). The van der Waals surface area contributed by atoms with E-state index in [-0.39, 0.29) is 10.6 Å². The van der Waals surface area contributed by atoms with Crippen molar-refractivity contribution in [3.8, 4) is 5.69 Å². The van der Waals surface area contributed by atoms with Gasteiger partial charge in [0.05, 0.1) is 16.7 Å². The predicted molar refractivity (Wildman–Crippen MR) is 97.3 cm³/mol. The summed E-state index contributed by atoms with van der Waals surface area (Å²) >= 11 is 6.44. The lowest BCUT2D eigenvalue weighted by Crippen LogP contribution is -2.22. The second-order valence-corrected chi connectivity index (χ2v) is 7.10. The molecule has 0 amide bonds. The molecule has 1 aliphatic rings. The highest BCUT2D eigenvalue weighted by atomic mass is 35.5. The van der Waals surface area contributed by atoms with Crippen LogP contribution in [0, 0.1) is 5.92 Å². The molecule has 126 valence electrons. The number of benzene rings is 1. The van der Waals surface area contributed by atoms with Crippen LogP contribution in [-0.4, -0.2) is 24.1 Å². The monoisotopic (exact) mass is 353 g/mol. The molecule has 0 radical (unpaired) electrons. The van der Waals surface area contributed by atoms with Crippen molar-refractivity contribution in [1.82, 2.24) is 24.1 Å². The van der Waals surface area contributed by atoms with Gasteiger partial charge >= 0.3 is 0 Å². The van der Waals surface area contributed by atoms with Crippen LogP contribution in [0.25, 0.3) is 27.6 Å². The zero-order valence-electron chi connectivity index (χ0n) is 13.7. The molecule has 7 heteroatoms. The number of rotatable bonds is 3. The molecule has 3 heterocycles. The van der Waals surface area contributed by atoms with Crippen molar-refractivity contribution in [3.63, 3.8) is 0 Å². The SMILES string of the molecule is Cn1cc2cc(-n3nc4ccn(CC5CC5)c4c(Cl)c3=O)ccc2n1. The lowest BCUT2D eigenvalue weighted by atomic mass is 10.2. The highest BCUT2D eigenvalue weighted by Crippen LogP contribution is 2.32. The Morgan fingerprint density at radius 1 is 1.20 bits per heavy atom. The van der Waals surface area contributed by atoms with Crippen LogP contribution in [0.15, 0.2) is 41.5 Å². The first kappa shape index (κ1) is 14.7. The fourth-order valence-electron chi connectivity index (χ4n) is 3.30. The van der Waals surface area contributed by atoms with E-state index in [2.05, 4.69) is 14.8 Å². The summed E-state index contributed by atoms with van der Waals surface area (Å²) in [6.45, 7) is 0.899. The number of nitrogens with zero attached hydrogens (tertiary/aromatic N) is 5. The molecular formula is C18H16ClN5O. The highest BCUT2D eigenvalue weighted by Gasteiger charge is 2.23. The minimum absolute atomic E-state index is 0.224. The fourth-order valence-corrected chi connectivity index (χ4v) is 3.59. The van der Waals surface area contributed by atoms with Crippen LogP contribution >= 0.6 is 11.6 Å². The Labute approximate surface area is 148 Å². The van der Waals surface area contributed by atoms with Gasteiger partial charge in [0.15, 0.2) is 0 Å². The number of fused-ring (bicyclic) bond motifs is 2. The third kappa shape index (κ3) is 2.36. The Kier molecular flexibility index (Phi) is 3.06. The van der Waals surface area contributed by atoms with E-state index in [9.17, 15) is 4.79 Å². The first-order valence-corrected chi connectivity index (χ1v) is 8.69. The maximum Gasteiger partial charge on any atom is 0.292 e. The van der Waals surface area contributed by atoms with Crippen LogP contribution in [0.4, 0.5) is 0 Å². The van der Waals surface area contributed by atoms with Crippen LogP contribution in [-0.2, 0) is 13.6 Å². The number of aryl methyl sites for hydroxylation is 1. The van der Waals surface area contributed by atoms with Gasteiger partial charge in [-0.1, -0.05) is 11.6 Å². The summed E-state index contributed by atoms with van der Waals surface area (Å²) in [5, 5.41) is 10.1. The quantitative estimate of drug-likeness (QED) is 0.568. The molecule has 4 aromatic rings. The zero-order valence-corrected chi connectivity index (χ0v) is 14.4. The molecular weight excluding hydrogens is 338 g/mol. The molecule has 1 aromatic carbocycles. The van der Waals surface area contributed by atoms with Gasteiger partial charge in [-0.05, 0) is 43.0 Å². The predicted octanol–water partition coefficient (Wildman–Crippen LogP) is 3.14. The van der Waals surface area contributed by atoms with Gasteiger partial charge in [-0.3, -0.25) is 9.48 Å². The topological polar surface area (TPSA) is 57.6 Å². The fraction of sp³-hybridized carbons (Fsp3) is 0.278. The molecule has 1 saturated carbocycles. The van der Waals surface area contributed by atoms with Crippen LogP contribution in [0.1, 0.15) is 12.8 Å². The third-order valence-corrected chi connectivity index (χ3v) is 5.08. The largest absolute Gasteiger partial charge is 0.344 e. The molecule has 1 aliphatic carbocycles. The summed E-state index contributed by atoms with van der Waals surface area (Å²) in [6, 6.07) is 7.55. The lowest BCUT2D eigenvalue weighted by molar-refractivity contribution is 0.646. The van der Waals surface area contributed by atoms with Crippen LogP contribution in [0.5, 0.6) is 0 Å². The van der Waals surface area contributed by atoms with Gasteiger partial charge in [0.2, 0.25) is 0 Å². The molecule has 1 fully saturated rings. The minimum atomic E-state index is -0.298. The number of halogens is 1. The maximum absolute atomic E-state index is 12.8. The third-order valence-electron chi connectivity index (χ3n) is 4.74. The zero-order chi connectivity index (χ0) is 17.1. The van der Waals surface area contributed by atoms with Crippen molar-refractivity contribution in [2.75, 3.05) is 0 Å². The van der Waals surface area contributed by atoms with Crippen LogP contribution in [0.3, 0.4) is 0 Å². The van der Waals surface area contributed by atoms with Crippen molar-refractivity contribution < 1.29 is 0 Å². The van der Waals surface area contributed by atoms with E-state index in [1.54, 1.807) is 4.68 Å². The van der Waals surface area contributed by atoms with Gasteiger partial charge in [-0.2, -0.15) is 14.9 Å². The summed E-state index contributed by atoms with van der Waals surface area (Å²) < 4.78 is 5.18. The summed E-state index contributed by atoms with van der Waals surface area (Å²) in [5.74, 6) is 0.696. The first-order valence-electron chi connectivity index (χ1n) is 8.31. The molecule has 0 bridgehead atoms. The van der Waals surface area contributed by atoms with Gasteiger partial charge in [-0.25, -0.2) is 0 Å². The van der Waals surface area contributed by atoms with E-state index >= 15 is 0 Å². The number of aromatic nitrogens is 5. The van der Waals surface area contributed by atoms with E-state index < -0.39 is 0 Å². The van der Waals surface area contributed by atoms with E-state index in [0.29, 0.717) is 11.6 Å². The van der Waals surface area contributed by atoms with Crippen molar-refractivity contribution in [1.29, 1.82) is 0 Å². The van der Waals surface area contributed by atoms with E-state index in [4.69, 9.17) is 11.6 Å². The number of hydrogen-bond acceptors (Lipinski definition) is 3. The van der Waals surface area contributed by atoms with Crippen molar-refractivity contribution in [3.05, 3.63) is 52.0 Å². The van der Waals surface area contributed by atoms with E-state index in [1.807, 2.05) is 43.7 Å². The second kappa shape index (κ2) is 5.20. The van der Waals surface area contributed by atoms with Gasteiger partial charge in [0, 0.05) is 31.4 Å². The van der Waals surface area contributed by atoms with E-state index in [1.165, 1.54) is 17.5 Å². The molecule has 3 aromatic heterocycles. The van der Waals surface area contributed by atoms with Crippen molar-refractivity contribution in [2.45, 2.75) is 19.4 Å². The smallest absolute Gasteiger partial charge is 0.292 e. The van der Waals surface area contributed by atoms with E-state index in [0.717, 1.165) is 28.5 Å². The molecule has 0 N–H and O–H groups in total. The molecule has 25 heavy (non-hydrogen) atoms. The summed E-state index contributed by atoms with van der Waals surface area (Å²) in [5.41, 5.74) is 2.73. The molecule has 0 saturated heterocycles. The Bertz CT molecular complexity index is 1180. The summed E-state index contributed by atoms with van der Waals surface area (Å²) in [7, 11) is 1.87. The minimum Gasteiger partial charge on any atom is -0.344 e. The lowest BCUT2D eigenvalue weighted by Gasteiger charge is -2.08. The average Bonchev–Trinajstić information content (AvgIpc) is 3.19. The van der Waals surface area contributed by atoms with Crippen molar-refractivity contribution >= 4 is 33.5 Å². The summed E-state index contributed by atoms with van der Waals surface area (Å²) in [4.78, 5) is 12.8. The molecule has 0 unspecified atom stereocenters. The molecule has 0 spiro atoms. The van der Waals surface area contributed by atoms with Gasteiger partial charge in [0.25, 0.3) is 5.56 Å². The van der Waals surface area contributed by atoms with Crippen molar-refractivity contribution in [2.24, 2.45) is 13.0 Å². The van der Waals surface area contributed by atoms with Gasteiger partial charge in [0.1, 0.15) is 10.5 Å². The van der Waals surface area contributed by atoms with Crippen LogP contribution < -0.4 is 5.56 Å². The molecule has 6 nitrogen and oxygen atoms in total. The Balaban J connectivity index is 1.69. The maximum atomic E-state index is 12.8. The van der Waals surface area contributed by atoms with Crippen LogP contribution in [0.2, 0.25) is 5.02 Å². The Morgan fingerprint density at radius 3 is 2.84 bits per heavy atom. The normalized spacial score (nSPS) is 14.6. The number of hydrogen-bond donors (Lipinski definition) is 0. The molecule has 0 atom stereocenters. The molecule has 0 aliphatic heterocycles. The summed E-state index contributed by atoms with van der Waals surface area (Å²) in [6.07, 6.45) is 6.37. The Morgan fingerprint density at radius 2 is 2.04 bits per heavy atom. The second-order valence-electron chi connectivity index (χ2n) is 6.72. The van der Waals surface area contributed by atoms with Gasteiger partial charge < -0.3 is 4.57 Å². The highest BCUT2D eigenvalue weighted by molar-refractivity contribution is 6.34. The van der Waals surface area contributed by atoms with Gasteiger partial charge in [-0.15, -0.1) is 0 Å². The Hall–Kier alpha value is -2.60. The standard InChI is InChI=1S/C18H16ClN5O/c1-22-10-12-8-13(4-5-14(12)20-22)24-18(25)16(19)17-15(21-24)6-7-23(17)9-11-2-3-11/h4-8,10-11H,2-3,9H2,1H3.